The summed E-state index contributed by atoms with van der Waals surface area (Å²) < 4.78 is 0. The fraction of sp³-hybridized carbons (Fsp3) is 0.263. The van der Waals surface area contributed by atoms with Crippen LogP contribution in [-0.2, 0) is 0 Å². The van der Waals surface area contributed by atoms with Crippen LogP contribution in [0.4, 0.5) is 17.2 Å². The predicted molar refractivity (Wildman–Crippen MR) is 108 cm³/mol. The van der Waals surface area contributed by atoms with Crippen LogP contribution in [0.15, 0.2) is 4.99 Å². The molecule has 4 heterocycles. The van der Waals surface area contributed by atoms with Gasteiger partial charge in [-0.15, -0.1) is 0 Å². The van der Waals surface area contributed by atoms with E-state index in [4.69, 9.17) is 4.98 Å². The van der Waals surface area contributed by atoms with Crippen LogP contribution < -0.4 is 16.0 Å². The maximum absolute atomic E-state index is 9.59. The van der Waals surface area contributed by atoms with Crippen LogP contribution in [0.3, 0.4) is 0 Å². The number of aliphatic imine (C=N–C) groups is 1. The summed E-state index contributed by atoms with van der Waals surface area (Å²) in [6.45, 7) is 3.38. The summed E-state index contributed by atoms with van der Waals surface area (Å²) in [4.78, 5) is 22.8. The molecule has 11 heteroatoms. The summed E-state index contributed by atoms with van der Waals surface area (Å²) in [5, 5.41) is 37.8. The molecule has 0 bridgehead atoms. The zero-order chi connectivity index (χ0) is 20.8. The molecule has 0 spiro atoms. The Kier molecular flexibility index (Phi) is 3.88. The van der Waals surface area contributed by atoms with Crippen molar-refractivity contribution in [1.29, 1.82) is 15.8 Å². The molecule has 3 aromatic rings. The van der Waals surface area contributed by atoms with E-state index in [1.54, 1.807) is 0 Å². The topological polar surface area (TPSA) is 181 Å². The number of fused-ring (bicyclic) bond motifs is 6. The highest BCUT2D eigenvalue weighted by Gasteiger charge is 2.31. The molecule has 3 N–H and O–H groups in total. The molecule has 1 fully saturated rings. The maximum atomic E-state index is 9.59. The molecule has 144 valence electrons. The van der Waals surface area contributed by atoms with E-state index in [1.807, 2.05) is 13.0 Å². The molecule has 5 rings (SSSR count). The maximum Gasteiger partial charge on any atom is 0.183 e. The minimum Gasteiger partial charge on any atom is -0.375 e. The number of hydrogen-bond donors (Lipinski definition) is 3. The van der Waals surface area contributed by atoms with E-state index in [0.29, 0.717) is 51.5 Å². The number of hydrogen-bond acceptors (Lipinski definition) is 11. The van der Waals surface area contributed by atoms with Crippen LogP contribution in [-0.4, -0.2) is 45.3 Å². The van der Waals surface area contributed by atoms with E-state index in [-0.39, 0.29) is 29.7 Å². The van der Waals surface area contributed by atoms with Crippen molar-refractivity contribution >= 4 is 45.0 Å². The summed E-state index contributed by atoms with van der Waals surface area (Å²) >= 11 is 0. The molecule has 1 atom stereocenters. The first kappa shape index (κ1) is 17.7. The Morgan fingerprint density at radius 2 is 1.70 bits per heavy atom. The molecule has 0 radical (unpaired) electrons. The molecule has 1 unspecified atom stereocenters. The van der Waals surface area contributed by atoms with Crippen molar-refractivity contribution in [2.24, 2.45) is 4.99 Å². The van der Waals surface area contributed by atoms with Crippen LogP contribution in [0.25, 0.3) is 22.1 Å². The highest BCUT2D eigenvalue weighted by molar-refractivity contribution is 6.18. The summed E-state index contributed by atoms with van der Waals surface area (Å²) in [7, 11) is 0. The van der Waals surface area contributed by atoms with Gasteiger partial charge >= 0.3 is 0 Å². The molecular weight excluding hydrogens is 382 g/mol. The van der Waals surface area contributed by atoms with E-state index < -0.39 is 0 Å². The van der Waals surface area contributed by atoms with Gasteiger partial charge in [-0.05, 0) is 6.92 Å². The van der Waals surface area contributed by atoms with Crippen molar-refractivity contribution in [2.45, 2.75) is 13.0 Å². The molecular formula is C19H13N11. The Morgan fingerprint density at radius 1 is 0.967 bits per heavy atom. The molecule has 0 aliphatic carbocycles. The Morgan fingerprint density at radius 3 is 2.37 bits per heavy atom. The molecule has 0 amide bonds. The summed E-state index contributed by atoms with van der Waals surface area (Å²) in [6.07, 6.45) is 0. The third kappa shape index (κ3) is 2.56. The highest BCUT2D eigenvalue weighted by atomic mass is 15.1. The van der Waals surface area contributed by atoms with Crippen molar-refractivity contribution in [3.8, 4) is 18.2 Å². The third-order valence-corrected chi connectivity index (χ3v) is 4.84. The second-order valence-corrected chi connectivity index (χ2v) is 6.73. The van der Waals surface area contributed by atoms with Crippen LogP contribution >= 0.6 is 0 Å². The highest BCUT2D eigenvalue weighted by Crippen LogP contribution is 2.42. The zero-order valence-corrected chi connectivity index (χ0v) is 15.8. The van der Waals surface area contributed by atoms with Gasteiger partial charge in [0.2, 0.25) is 0 Å². The SMILES string of the molecule is CCNc1nc2c(nc1C#N)c1c(c3nc(C#N)c(C4CN4)nc32)NCC(C#N)=N1. The van der Waals surface area contributed by atoms with Crippen LogP contribution in [0.2, 0.25) is 0 Å². The van der Waals surface area contributed by atoms with Crippen LogP contribution in [0.1, 0.15) is 30.0 Å². The Balaban J connectivity index is 1.96. The van der Waals surface area contributed by atoms with Gasteiger partial charge in [0.15, 0.2) is 17.2 Å². The predicted octanol–water partition coefficient (Wildman–Crippen LogP) is 1.41. The first-order valence-corrected chi connectivity index (χ1v) is 9.26. The van der Waals surface area contributed by atoms with Gasteiger partial charge in [-0.1, -0.05) is 0 Å². The first-order chi connectivity index (χ1) is 14.7. The number of anilines is 2. The minimum atomic E-state index is -0.0293. The van der Waals surface area contributed by atoms with Gasteiger partial charge in [-0.3, -0.25) is 0 Å². The lowest BCUT2D eigenvalue weighted by atomic mass is 10.1. The van der Waals surface area contributed by atoms with Gasteiger partial charge in [-0.2, -0.15) is 15.8 Å². The van der Waals surface area contributed by atoms with Gasteiger partial charge in [0.05, 0.1) is 24.0 Å². The Hall–Kier alpha value is -4.40. The van der Waals surface area contributed by atoms with Crippen molar-refractivity contribution in [3.63, 3.8) is 0 Å². The van der Waals surface area contributed by atoms with Crippen molar-refractivity contribution in [3.05, 3.63) is 17.1 Å². The Labute approximate surface area is 170 Å². The van der Waals surface area contributed by atoms with Crippen LogP contribution in [0.5, 0.6) is 0 Å². The summed E-state index contributed by atoms with van der Waals surface area (Å²) in [5.41, 5.74) is 3.71. The van der Waals surface area contributed by atoms with E-state index in [1.165, 1.54) is 0 Å². The van der Waals surface area contributed by atoms with Crippen molar-refractivity contribution in [2.75, 3.05) is 30.3 Å². The number of nitriles is 3. The average molecular weight is 395 g/mol. The lowest BCUT2D eigenvalue weighted by molar-refractivity contribution is 0.977. The smallest absolute Gasteiger partial charge is 0.183 e. The van der Waals surface area contributed by atoms with Crippen molar-refractivity contribution < 1.29 is 0 Å². The number of nitrogens with zero attached hydrogens (tertiary/aromatic N) is 8. The number of nitrogens with one attached hydrogen (secondary N) is 3. The zero-order valence-electron chi connectivity index (χ0n) is 15.8. The van der Waals surface area contributed by atoms with Gasteiger partial charge in [0.1, 0.15) is 51.7 Å². The Bertz CT molecular complexity index is 1400. The lowest BCUT2D eigenvalue weighted by Gasteiger charge is -2.19. The fourth-order valence-corrected chi connectivity index (χ4v) is 3.42. The van der Waals surface area contributed by atoms with E-state index in [2.05, 4.69) is 48.0 Å². The lowest BCUT2D eigenvalue weighted by Crippen LogP contribution is -2.17. The van der Waals surface area contributed by atoms with Gasteiger partial charge in [0.25, 0.3) is 0 Å². The molecule has 1 aromatic carbocycles. The number of rotatable bonds is 3. The minimum absolute atomic E-state index is 0.0293. The molecule has 1 saturated heterocycles. The van der Waals surface area contributed by atoms with E-state index in [0.717, 1.165) is 6.54 Å². The molecule has 2 aliphatic heterocycles. The van der Waals surface area contributed by atoms with Gasteiger partial charge < -0.3 is 16.0 Å². The van der Waals surface area contributed by atoms with Crippen LogP contribution in [0, 0.1) is 34.0 Å². The molecule has 30 heavy (non-hydrogen) atoms. The quantitative estimate of drug-likeness (QED) is 0.433. The molecule has 2 aromatic heterocycles. The normalized spacial score (nSPS) is 16.6. The summed E-state index contributed by atoms with van der Waals surface area (Å²) in [5.74, 6) is 0.333. The molecule has 11 nitrogen and oxygen atoms in total. The molecule has 0 saturated carbocycles. The van der Waals surface area contributed by atoms with E-state index in [9.17, 15) is 15.8 Å². The van der Waals surface area contributed by atoms with Gasteiger partial charge in [0, 0.05) is 13.1 Å². The first-order valence-electron chi connectivity index (χ1n) is 9.26. The second-order valence-electron chi connectivity index (χ2n) is 6.73. The average Bonchev–Trinajstić information content (AvgIpc) is 3.63. The third-order valence-electron chi connectivity index (χ3n) is 4.84. The molecule has 2 aliphatic rings. The largest absolute Gasteiger partial charge is 0.375 e. The monoisotopic (exact) mass is 395 g/mol. The fourth-order valence-electron chi connectivity index (χ4n) is 3.42. The summed E-state index contributed by atoms with van der Waals surface area (Å²) in [6, 6.07) is 6.17. The number of aromatic nitrogens is 4. The standard InChI is InChI=1S/C19H13N11/c1-2-23-19-10(5-22)28-16-14-13(25-6-8(3-20)26-14)15-17(18(16)30-19)29-12(11-7-24-11)9(4-21)27-15/h11,24-25H,2,6-7H2,1H3,(H,23,30). The van der Waals surface area contributed by atoms with Crippen molar-refractivity contribution in [1.82, 2.24) is 25.3 Å². The second kappa shape index (κ2) is 6.59. The van der Waals surface area contributed by atoms with E-state index >= 15 is 0 Å². The number of benzene rings is 1. The van der Waals surface area contributed by atoms with Gasteiger partial charge in [-0.25, -0.2) is 24.9 Å².